The highest BCUT2D eigenvalue weighted by Gasteiger charge is 2.30. The Morgan fingerprint density at radius 1 is 1.58 bits per heavy atom. The van der Waals surface area contributed by atoms with Gasteiger partial charge in [0.15, 0.2) is 0 Å². The molecule has 1 fully saturated rings. The lowest BCUT2D eigenvalue weighted by molar-refractivity contribution is 0.0562. The van der Waals surface area contributed by atoms with E-state index in [0.717, 1.165) is 31.5 Å². The van der Waals surface area contributed by atoms with Crippen LogP contribution in [0.1, 0.15) is 42.9 Å². The lowest BCUT2D eigenvalue weighted by atomic mass is 9.92. The van der Waals surface area contributed by atoms with Gasteiger partial charge in [-0.05, 0) is 31.2 Å². The zero-order chi connectivity index (χ0) is 14.0. The number of nitrogens with two attached hydrogens (primary N) is 1. The second kappa shape index (κ2) is 5.74. The minimum atomic E-state index is 0.0667. The Bertz CT molecular complexity index is 454. The fourth-order valence-electron chi connectivity index (χ4n) is 2.79. The number of aryl methyl sites for hydroxylation is 2. The standard InChI is InChI=1S/C14H24N4O/c1-4-11-8-13(17(3)16-11)14(19)18-6-5-10(2)7-12(18)9-15/h8,10,12H,4-7,9,15H2,1-3H3. The molecule has 1 aliphatic rings. The molecule has 5 heteroatoms. The first-order chi connectivity index (χ1) is 9.06. The van der Waals surface area contributed by atoms with Gasteiger partial charge in [0.05, 0.1) is 5.69 Å². The number of carbonyl (C=O) groups is 1. The first-order valence-electron chi connectivity index (χ1n) is 7.10. The predicted octanol–water partition coefficient (Wildman–Crippen LogP) is 1.18. The van der Waals surface area contributed by atoms with E-state index in [1.807, 2.05) is 24.9 Å². The van der Waals surface area contributed by atoms with Crippen molar-refractivity contribution in [2.45, 2.75) is 39.2 Å². The van der Waals surface area contributed by atoms with Crippen molar-refractivity contribution in [2.75, 3.05) is 13.1 Å². The molecule has 106 valence electrons. The number of piperidine rings is 1. The number of hydrogen-bond acceptors (Lipinski definition) is 3. The molecule has 19 heavy (non-hydrogen) atoms. The Hall–Kier alpha value is -1.36. The Balaban J connectivity index is 2.20. The molecule has 0 spiro atoms. The molecule has 0 aliphatic carbocycles. The smallest absolute Gasteiger partial charge is 0.272 e. The molecule has 1 amide bonds. The summed E-state index contributed by atoms with van der Waals surface area (Å²) in [6, 6.07) is 2.06. The van der Waals surface area contributed by atoms with Crippen molar-refractivity contribution in [3.8, 4) is 0 Å². The van der Waals surface area contributed by atoms with Crippen LogP contribution in [0.3, 0.4) is 0 Å². The number of nitrogens with zero attached hydrogens (tertiary/aromatic N) is 3. The van der Waals surface area contributed by atoms with Crippen LogP contribution in [-0.2, 0) is 13.5 Å². The van der Waals surface area contributed by atoms with Crippen molar-refractivity contribution in [1.29, 1.82) is 0 Å². The van der Waals surface area contributed by atoms with Crippen LogP contribution < -0.4 is 5.73 Å². The summed E-state index contributed by atoms with van der Waals surface area (Å²) >= 11 is 0. The van der Waals surface area contributed by atoms with Gasteiger partial charge < -0.3 is 10.6 Å². The highest BCUT2D eigenvalue weighted by atomic mass is 16.2. The molecule has 2 rings (SSSR count). The van der Waals surface area contributed by atoms with Crippen LogP contribution in [0.2, 0.25) is 0 Å². The molecule has 1 aromatic heterocycles. The first-order valence-corrected chi connectivity index (χ1v) is 7.10. The fraction of sp³-hybridized carbons (Fsp3) is 0.714. The maximum atomic E-state index is 12.6. The molecule has 0 saturated carbocycles. The van der Waals surface area contributed by atoms with Crippen molar-refractivity contribution in [3.05, 3.63) is 17.5 Å². The van der Waals surface area contributed by atoms with Crippen LogP contribution in [0.4, 0.5) is 0 Å². The van der Waals surface area contributed by atoms with Gasteiger partial charge in [0, 0.05) is 26.2 Å². The van der Waals surface area contributed by atoms with Crippen molar-refractivity contribution in [2.24, 2.45) is 18.7 Å². The Morgan fingerprint density at radius 3 is 2.89 bits per heavy atom. The molecule has 2 N–H and O–H groups in total. The van der Waals surface area contributed by atoms with Gasteiger partial charge >= 0.3 is 0 Å². The first kappa shape index (κ1) is 14.1. The van der Waals surface area contributed by atoms with Crippen molar-refractivity contribution in [1.82, 2.24) is 14.7 Å². The Morgan fingerprint density at radius 2 is 2.32 bits per heavy atom. The van der Waals surface area contributed by atoms with Crippen LogP contribution in [0.25, 0.3) is 0 Å². The van der Waals surface area contributed by atoms with E-state index in [2.05, 4.69) is 12.0 Å². The summed E-state index contributed by atoms with van der Waals surface area (Å²) in [5.74, 6) is 0.715. The van der Waals surface area contributed by atoms with Gasteiger partial charge in [0.25, 0.3) is 5.91 Å². The van der Waals surface area contributed by atoms with E-state index in [-0.39, 0.29) is 11.9 Å². The molecule has 2 atom stereocenters. The molecule has 0 aromatic carbocycles. The normalized spacial score (nSPS) is 23.7. The second-order valence-electron chi connectivity index (χ2n) is 5.52. The zero-order valence-corrected chi connectivity index (χ0v) is 12.1. The summed E-state index contributed by atoms with van der Waals surface area (Å²) in [5, 5.41) is 4.35. The molecule has 2 heterocycles. The third-order valence-electron chi connectivity index (χ3n) is 4.02. The molecule has 0 radical (unpaired) electrons. The van der Waals surface area contributed by atoms with Gasteiger partial charge in [-0.15, -0.1) is 0 Å². The van der Waals surface area contributed by atoms with Gasteiger partial charge in [0.2, 0.25) is 0 Å². The van der Waals surface area contributed by atoms with Crippen molar-refractivity contribution >= 4 is 5.91 Å². The van der Waals surface area contributed by atoms with E-state index < -0.39 is 0 Å². The Kier molecular flexibility index (Phi) is 4.24. The number of rotatable bonds is 3. The topological polar surface area (TPSA) is 64.2 Å². The molecular weight excluding hydrogens is 240 g/mol. The number of hydrogen-bond donors (Lipinski definition) is 1. The predicted molar refractivity (Wildman–Crippen MR) is 74.9 cm³/mol. The molecule has 1 aliphatic heterocycles. The molecule has 1 saturated heterocycles. The van der Waals surface area contributed by atoms with Gasteiger partial charge in [-0.2, -0.15) is 5.10 Å². The van der Waals surface area contributed by atoms with Gasteiger partial charge in [-0.3, -0.25) is 9.48 Å². The Labute approximate surface area is 114 Å². The highest BCUT2D eigenvalue weighted by molar-refractivity contribution is 5.93. The van der Waals surface area contributed by atoms with Gasteiger partial charge in [-0.25, -0.2) is 0 Å². The number of likely N-dealkylation sites (tertiary alicyclic amines) is 1. The van der Waals surface area contributed by atoms with Crippen LogP contribution in [0.5, 0.6) is 0 Å². The summed E-state index contributed by atoms with van der Waals surface area (Å²) in [5.41, 5.74) is 7.45. The minimum Gasteiger partial charge on any atom is -0.333 e. The third-order valence-corrected chi connectivity index (χ3v) is 4.02. The van der Waals surface area contributed by atoms with Crippen LogP contribution in [0.15, 0.2) is 6.07 Å². The zero-order valence-electron chi connectivity index (χ0n) is 12.1. The van der Waals surface area contributed by atoms with E-state index >= 15 is 0 Å². The summed E-state index contributed by atoms with van der Waals surface area (Å²) in [7, 11) is 1.83. The number of aromatic nitrogens is 2. The summed E-state index contributed by atoms with van der Waals surface area (Å²) in [6.45, 7) is 5.61. The van der Waals surface area contributed by atoms with E-state index in [9.17, 15) is 4.79 Å². The van der Waals surface area contributed by atoms with E-state index in [1.54, 1.807) is 4.68 Å². The molecule has 0 bridgehead atoms. The van der Waals surface area contributed by atoms with E-state index in [1.165, 1.54) is 0 Å². The monoisotopic (exact) mass is 264 g/mol. The van der Waals surface area contributed by atoms with Crippen LogP contribution in [0, 0.1) is 5.92 Å². The highest BCUT2D eigenvalue weighted by Crippen LogP contribution is 2.23. The lowest BCUT2D eigenvalue weighted by Crippen LogP contribution is -2.49. The van der Waals surface area contributed by atoms with Crippen LogP contribution in [-0.4, -0.2) is 39.7 Å². The maximum absolute atomic E-state index is 12.6. The average Bonchev–Trinajstić information content (AvgIpc) is 2.79. The molecular formula is C14H24N4O. The van der Waals surface area contributed by atoms with Crippen molar-refractivity contribution in [3.63, 3.8) is 0 Å². The summed E-state index contributed by atoms with van der Waals surface area (Å²) in [6.07, 6.45) is 2.90. The van der Waals surface area contributed by atoms with Crippen LogP contribution >= 0.6 is 0 Å². The van der Waals surface area contributed by atoms with Gasteiger partial charge in [0.1, 0.15) is 5.69 Å². The van der Waals surface area contributed by atoms with E-state index in [0.29, 0.717) is 18.2 Å². The third kappa shape index (κ3) is 2.81. The largest absolute Gasteiger partial charge is 0.333 e. The number of amides is 1. The SMILES string of the molecule is CCc1cc(C(=O)N2CCC(C)CC2CN)n(C)n1. The van der Waals surface area contributed by atoms with Gasteiger partial charge in [-0.1, -0.05) is 13.8 Å². The minimum absolute atomic E-state index is 0.0667. The molecule has 2 unspecified atom stereocenters. The van der Waals surface area contributed by atoms with E-state index in [4.69, 9.17) is 5.73 Å². The fourth-order valence-corrected chi connectivity index (χ4v) is 2.79. The summed E-state index contributed by atoms with van der Waals surface area (Å²) in [4.78, 5) is 14.6. The summed E-state index contributed by atoms with van der Waals surface area (Å²) < 4.78 is 1.69. The van der Waals surface area contributed by atoms with Crippen molar-refractivity contribution < 1.29 is 4.79 Å². The quantitative estimate of drug-likeness (QED) is 0.891. The maximum Gasteiger partial charge on any atom is 0.272 e. The molecule has 1 aromatic rings. The second-order valence-corrected chi connectivity index (χ2v) is 5.52. The number of carbonyl (C=O) groups excluding carboxylic acids is 1. The lowest BCUT2D eigenvalue weighted by Gasteiger charge is -2.37. The average molecular weight is 264 g/mol. The molecule has 5 nitrogen and oxygen atoms in total.